The average Bonchev–Trinajstić information content (AvgIpc) is 1.56. The van der Waals surface area contributed by atoms with Crippen LogP contribution in [0.1, 0.15) is 22.3 Å². The lowest BCUT2D eigenvalue weighted by Crippen LogP contribution is -2.01. The highest BCUT2D eigenvalue weighted by Crippen LogP contribution is 2.46. The number of rotatable bonds is 12. The van der Waals surface area contributed by atoms with E-state index < -0.39 is 0 Å². The summed E-state index contributed by atoms with van der Waals surface area (Å²) in [5.41, 5.74) is 25.0. The second-order valence-electron chi connectivity index (χ2n) is 29.6. The van der Waals surface area contributed by atoms with Crippen LogP contribution >= 0.6 is 0 Å². The van der Waals surface area contributed by atoms with Crippen LogP contribution in [0, 0.1) is 45.3 Å². The Morgan fingerprint density at radius 3 is 0.817 bits per heavy atom. The number of nitriles is 4. The summed E-state index contributed by atoms with van der Waals surface area (Å²) in [6, 6.07) is 142. The third kappa shape index (κ3) is 12.0. The molecular formula is C108H64N12. The lowest BCUT2D eigenvalue weighted by Gasteiger charge is -2.14. The monoisotopic (exact) mass is 1530 g/mol. The minimum absolute atomic E-state index is 0.353. The van der Waals surface area contributed by atoms with E-state index in [9.17, 15) is 21.0 Å². The third-order valence-corrected chi connectivity index (χ3v) is 22.8. The predicted octanol–water partition coefficient (Wildman–Crippen LogP) is 26.2. The number of fused-ring (bicyclic) bond motifs is 12. The molecule has 6 aromatic heterocycles. The van der Waals surface area contributed by atoms with Crippen LogP contribution in [0.2, 0.25) is 0 Å². The van der Waals surface area contributed by atoms with Crippen molar-refractivity contribution < 1.29 is 0 Å². The molecule has 16 aromatic carbocycles. The maximum atomic E-state index is 10.8. The maximum Gasteiger partial charge on any atom is 0.160 e. The summed E-state index contributed by atoms with van der Waals surface area (Å²) < 4.78 is 9.37. The molecule has 120 heavy (non-hydrogen) atoms. The van der Waals surface area contributed by atoms with Gasteiger partial charge in [-0.3, -0.25) is 0 Å². The highest BCUT2D eigenvalue weighted by molar-refractivity contribution is 6.21. The Labute approximate surface area is 689 Å². The molecule has 0 bridgehead atoms. The van der Waals surface area contributed by atoms with E-state index in [1.807, 2.05) is 176 Å². The van der Waals surface area contributed by atoms with Crippen LogP contribution in [0.3, 0.4) is 0 Å². The standard InChI is InChI=1S/2C54H32N6/c55-33-39-29-38(53-47(34-56)52(35-15-5-1-6-16-35)57-54(58-53)36-17-7-2-8-18-36)26-27-42(39)37-25-28-44-46-32-50-45(31-51(46)60(49(44)30-37)41-21-11-4-12-22-41)43-23-13-14-24-48(43)59(50)40-19-9-3-10-20-40;55-33-39-29-38(53-47(34-56)52(35-15-5-1-6-16-35)57-54(58-53)36-17-7-2-8-18-36)25-27-42(39)37-26-28-49-44(30-37)46-32-50-45(31-51(46)60(49)41-21-11-4-12-22-41)43-23-13-14-24-48(43)59(50)40-19-9-3-10-20-40/h2*1-32H. The predicted molar refractivity (Wildman–Crippen MR) is 484 cm³/mol. The summed E-state index contributed by atoms with van der Waals surface area (Å²) in [5.74, 6) is 1.01. The Hall–Kier alpha value is -17.2. The molecular weight excluding hydrogens is 1470 g/mol. The number of para-hydroxylation sites is 6. The van der Waals surface area contributed by atoms with Gasteiger partial charge in [0.1, 0.15) is 23.3 Å². The summed E-state index contributed by atoms with van der Waals surface area (Å²) >= 11 is 0. The van der Waals surface area contributed by atoms with Crippen LogP contribution in [0.15, 0.2) is 388 Å². The topological polar surface area (TPSA) is 166 Å². The molecule has 0 aliphatic carbocycles. The van der Waals surface area contributed by atoms with E-state index >= 15 is 0 Å². The van der Waals surface area contributed by atoms with Crippen molar-refractivity contribution in [2.75, 3.05) is 0 Å². The smallest absolute Gasteiger partial charge is 0.160 e. The van der Waals surface area contributed by atoms with Crippen molar-refractivity contribution in [2.45, 2.75) is 0 Å². The van der Waals surface area contributed by atoms with Gasteiger partial charge >= 0.3 is 0 Å². The molecule has 0 atom stereocenters. The van der Waals surface area contributed by atoms with E-state index in [0.29, 0.717) is 67.8 Å². The molecule has 12 nitrogen and oxygen atoms in total. The zero-order valence-corrected chi connectivity index (χ0v) is 64.3. The van der Waals surface area contributed by atoms with Crippen molar-refractivity contribution in [3.63, 3.8) is 0 Å². The van der Waals surface area contributed by atoms with Gasteiger partial charge in [0, 0.05) is 99.2 Å². The lowest BCUT2D eigenvalue weighted by atomic mass is 9.94. The molecule has 22 rings (SSSR count). The largest absolute Gasteiger partial charge is 0.309 e. The highest BCUT2D eigenvalue weighted by atomic mass is 15.0. The van der Waals surface area contributed by atoms with Crippen molar-refractivity contribution in [3.8, 4) is 137 Å². The quantitative estimate of drug-likeness (QED) is 0.117. The summed E-state index contributed by atoms with van der Waals surface area (Å²) in [6.45, 7) is 0. The van der Waals surface area contributed by atoms with Gasteiger partial charge in [0.25, 0.3) is 0 Å². The molecule has 0 fully saturated rings. The fourth-order valence-corrected chi connectivity index (χ4v) is 17.4. The van der Waals surface area contributed by atoms with E-state index in [4.69, 9.17) is 19.9 Å². The number of benzene rings is 16. The maximum absolute atomic E-state index is 10.8. The minimum Gasteiger partial charge on any atom is -0.309 e. The van der Waals surface area contributed by atoms with Crippen molar-refractivity contribution >= 4 is 87.2 Å². The van der Waals surface area contributed by atoms with E-state index in [-0.39, 0.29) is 0 Å². The van der Waals surface area contributed by atoms with E-state index in [2.05, 4.69) is 255 Å². The van der Waals surface area contributed by atoms with E-state index in [1.54, 1.807) is 0 Å². The molecule has 0 aliphatic heterocycles. The number of aromatic nitrogens is 8. The number of hydrogen-bond donors (Lipinski definition) is 0. The molecule has 0 N–H and O–H groups in total. The van der Waals surface area contributed by atoms with Crippen LogP contribution in [-0.4, -0.2) is 38.2 Å². The summed E-state index contributed by atoms with van der Waals surface area (Å²) in [6.07, 6.45) is 0. The molecule has 0 saturated heterocycles. The molecule has 0 aliphatic rings. The third-order valence-electron chi connectivity index (χ3n) is 22.8. The Balaban J connectivity index is 0.000000148. The van der Waals surface area contributed by atoms with Gasteiger partial charge in [-0.05, 0) is 138 Å². The summed E-state index contributed by atoms with van der Waals surface area (Å²) in [5, 5.41) is 51.9. The van der Waals surface area contributed by atoms with Crippen molar-refractivity contribution in [3.05, 3.63) is 411 Å². The SMILES string of the molecule is N#Cc1cc(-c2nc(-c3ccccc3)nc(-c3ccccc3)c2C#N)ccc1-c1ccc2c(c1)c1cc3c(cc1n2-c1ccccc1)c1ccccc1n3-c1ccccc1.N#Cc1cc(-c2nc(-c3ccccc3)nc(-c3ccccc3)c2C#N)ccc1-c1ccc2c3cc4c(cc3n(-c3ccccc3)c2c1)c1ccccc1n4-c1ccccc1. The van der Waals surface area contributed by atoms with Crippen LogP contribution in [-0.2, 0) is 0 Å². The number of nitrogens with zero attached hydrogens (tertiary/aromatic N) is 12. The molecule has 0 amide bonds. The van der Waals surface area contributed by atoms with Crippen LogP contribution in [0.25, 0.3) is 200 Å². The van der Waals surface area contributed by atoms with Gasteiger partial charge in [0.05, 0.1) is 90.2 Å². The zero-order chi connectivity index (χ0) is 80.3. The van der Waals surface area contributed by atoms with Crippen LogP contribution in [0.5, 0.6) is 0 Å². The van der Waals surface area contributed by atoms with Gasteiger partial charge in [0.2, 0.25) is 0 Å². The summed E-state index contributed by atoms with van der Waals surface area (Å²) in [7, 11) is 0. The zero-order valence-electron chi connectivity index (χ0n) is 64.3. The lowest BCUT2D eigenvalue weighted by molar-refractivity contribution is 1.17. The van der Waals surface area contributed by atoms with Gasteiger partial charge in [-0.15, -0.1) is 0 Å². The van der Waals surface area contributed by atoms with Gasteiger partial charge in [0.15, 0.2) is 11.6 Å². The van der Waals surface area contributed by atoms with Crippen molar-refractivity contribution in [2.24, 2.45) is 0 Å². The molecule has 12 heteroatoms. The molecule has 0 radical (unpaired) electrons. The van der Waals surface area contributed by atoms with Gasteiger partial charge in [-0.25, -0.2) is 19.9 Å². The first-order valence-corrected chi connectivity index (χ1v) is 39.6. The molecule has 556 valence electrons. The van der Waals surface area contributed by atoms with Gasteiger partial charge in [-0.1, -0.05) is 273 Å². The highest BCUT2D eigenvalue weighted by Gasteiger charge is 2.26. The van der Waals surface area contributed by atoms with E-state index in [0.717, 1.165) is 133 Å². The fraction of sp³-hybridized carbons (Fsp3) is 0. The first-order chi connectivity index (χ1) is 59.4. The minimum atomic E-state index is 0.353. The van der Waals surface area contributed by atoms with Gasteiger partial charge < -0.3 is 18.3 Å². The first kappa shape index (κ1) is 70.7. The Morgan fingerprint density at radius 1 is 0.183 bits per heavy atom. The molecule has 0 unspecified atom stereocenters. The Morgan fingerprint density at radius 2 is 0.450 bits per heavy atom. The van der Waals surface area contributed by atoms with E-state index in [1.165, 1.54) is 21.5 Å². The molecule has 0 saturated carbocycles. The van der Waals surface area contributed by atoms with Crippen LogP contribution < -0.4 is 0 Å². The first-order valence-electron chi connectivity index (χ1n) is 39.6. The average molecular weight is 1530 g/mol. The van der Waals surface area contributed by atoms with Crippen molar-refractivity contribution in [1.29, 1.82) is 21.0 Å². The molecule has 22 aromatic rings. The second kappa shape index (κ2) is 29.7. The van der Waals surface area contributed by atoms with Crippen LogP contribution in [0.4, 0.5) is 0 Å². The fourth-order valence-electron chi connectivity index (χ4n) is 17.4. The molecule has 6 heterocycles. The molecule has 0 spiro atoms. The Bertz CT molecular complexity index is 8010. The summed E-state index contributed by atoms with van der Waals surface area (Å²) in [4.78, 5) is 19.8. The Kier molecular flexibility index (Phi) is 17.5. The normalized spacial score (nSPS) is 11.3. The second-order valence-corrected chi connectivity index (χ2v) is 29.6. The van der Waals surface area contributed by atoms with Crippen molar-refractivity contribution in [1.82, 2.24) is 38.2 Å². The van der Waals surface area contributed by atoms with Gasteiger partial charge in [-0.2, -0.15) is 21.0 Å². The number of hydrogen-bond acceptors (Lipinski definition) is 8.